The molecule has 0 amide bonds. The van der Waals surface area contributed by atoms with Gasteiger partial charge in [0.05, 0.1) is 31.5 Å². The Labute approximate surface area is 210 Å². The number of hydrogen-bond donors (Lipinski definition) is 1. The first kappa shape index (κ1) is 23.7. The molecule has 1 N–H and O–H groups in total. The molecule has 1 fully saturated rings. The summed E-state index contributed by atoms with van der Waals surface area (Å²) in [5.41, 5.74) is 1.68. The first-order valence-electron chi connectivity index (χ1n) is 12.0. The summed E-state index contributed by atoms with van der Waals surface area (Å²) >= 11 is 0. The highest BCUT2D eigenvalue weighted by molar-refractivity contribution is 5.44. The van der Waals surface area contributed by atoms with Crippen LogP contribution in [0.1, 0.15) is 28.6 Å². The number of piperazine rings is 1. The van der Waals surface area contributed by atoms with Crippen molar-refractivity contribution in [3.63, 3.8) is 0 Å². The standard InChI is InChI=1S/C28H30N4O4/c1-20-17-24(33)26(28(34)32(20)19-23-9-6-16-36-23)27(21-7-5-8-22(18-21)35-2)31-14-12-30(13-15-31)25-10-3-4-11-29-25/h3-11,16-18,27,33H,12-15,19H2,1-2H3. The van der Waals surface area contributed by atoms with Gasteiger partial charge >= 0.3 is 0 Å². The minimum absolute atomic E-state index is 0.00632. The molecular weight excluding hydrogens is 456 g/mol. The van der Waals surface area contributed by atoms with E-state index in [1.54, 1.807) is 36.3 Å². The third-order valence-corrected chi connectivity index (χ3v) is 6.75. The second kappa shape index (κ2) is 10.3. The lowest BCUT2D eigenvalue weighted by Crippen LogP contribution is -2.49. The van der Waals surface area contributed by atoms with Gasteiger partial charge in [0, 0.05) is 38.1 Å². The summed E-state index contributed by atoms with van der Waals surface area (Å²) in [5.74, 6) is 2.31. The van der Waals surface area contributed by atoms with E-state index in [0.717, 1.165) is 24.5 Å². The average molecular weight is 487 g/mol. The van der Waals surface area contributed by atoms with E-state index in [4.69, 9.17) is 9.15 Å². The largest absolute Gasteiger partial charge is 0.507 e. The van der Waals surface area contributed by atoms with E-state index in [9.17, 15) is 9.90 Å². The first-order chi connectivity index (χ1) is 17.5. The number of benzene rings is 1. The Morgan fingerprint density at radius 1 is 1.06 bits per heavy atom. The van der Waals surface area contributed by atoms with Gasteiger partial charge in [-0.25, -0.2) is 4.98 Å². The molecule has 1 saturated heterocycles. The summed E-state index contributed by atoms with van der Waals surface area (Å²) in [6.07, 6.45) is 3.39. The fraction of sp³-hybridized carbons (Fsp3) is 0.286. The second-order valence-corrected chi connectivity index (χ2v) is 8.95. The summed E-state index contributed by atoms with van der Waals surface area (Å²) in [7, 11) is 1.62. The molecule has 1 unspecified atom stereocenters. The lowest BCUT2D eigenvalue weighted by atomic mass is 9.95. The Balaban J connectivity index is 1.55. The van der Waals surface area contributed by atoms with Gasteiger partial charge in [-0.2, -0.15) is 0 Å². The number of aromatic hydroxyl groups is 1. The molecular formula is C28H30N4O4. The van der Waals surface area contributed by atoms with Crippen LogP contribution in [0.2, 0.25) is 0 Å². The van der Waals surface area contributed by atoms with E-state index in [0.29, 0.717) is 42.4 Å². The molecule has 186 valence electrons. The lowest BCUT2D eigenvalue weighted by molar-refractivity contribution is 0.206. The molecule has 0 aliphatic carbocycles. The predicted octanol–water partition coefficient (Wildman–Crippen LogP) is 3.82. The average Bonchev–Trinajstić information content (AvgIpc) is 3.43. The fourth-order valence-electron chi connectivity index (χ4n) is 4.90. The molecule has 8 heteroatoms. The van der Waals surface area contributed by atoms with Gasteiger partial charge in [-0.1, -0.05) is 18.2 Å². The van der Waals surface area contributed by atoms with Crippen LogP contribution < -0.4 is 15.2 Å². The van der Waals surface area contributed by atoms with Crippen molar-refractivity contribution in [3.8, 4) is 11.5 Å². The van der Waals surface area contributed by atoms with Crippen LogP contribution in [0.15, 0.2) is 82.3 Å². The number of rotatable bonds is 7. The third-order valence-electron chi connectivity index (χ3n) is 6.75. The topological polar surface area (TPSA) is 84.0 Å². The van der Waals surface area contributed by atoms with Crippen molar-refractivity contribution in [2.75, 3.05) is 38.2 Å². The normalized spacial score (nSPS) is 15.1. The van der Waals surface area contributed by atoms with Gasteiger partial charge < -0.3 is 23.7 Å². The van der Waals surface area contributed by atoms with E-state index in [1.807, 2.05) is 55.5 Å². The number of pyridine rings is 2. The van der Waals surface area contributed by atoms with Crippen LogP contribution in [0, 0.1) is 6.92 Å². The number of hydrogen-bond acceptors (Lipinski definition) is 7. The fourth-order valence-corrected chi connectivity index (χ4v) is 4.90. The SMILES string of the molecule is COc1cccc(C(c2c(O)cc(C)n(Cc3ccco3)c2=O)N2CCN(c3ccccn3)CC2)c1. The number of aryl methyl sites for hydroxylation is 1. The van der Waals surface area contributed by atoms with Gasteiger partial charge in [-0.3, -0.25) is 9.69 Å². The molecule has 1 aliphatic heterocycles. The zero-order valence-electron chi connectivity index (χ0n) is 20.5. The zero-order chi connectivity index (χ0) is 25.1. The number of anilines is 1. The monoisotopic (exact) mass is 486 g/mol. The molecule has 1 atom stereocenters. The first-order valence-corrected chi connectivity index (χ1v) is 12.0. The van der Waals surface area contributed by atoms with Gasteiger partial charge in [0.25, 0.3) is 5.56 Å². The van der Waals surface area contributed by atoms with Gasteiger partial charge in [0.2, 0.25) is 0 Å². The van der Waals surface area contributed by atoms with Crippen molar-refractivity contribution < 1.29 is 14.3 Å². The van der Waals surface area contributed by atoms with Crippen LogP contribution in [-0.2, 0) is 6.54 Å². The van der Waals surface area contributed by atoms with Crippen molar-refractivity contribution in [2.24, 2.45) is 0 Å². The van der Waals surface area contributed by atoms with E-state index in [1.165, 1.54) is 0 Å². The van der Waals surface area contributed by atoms with Crippen molar-refractivity contribution >= 4 is 5.82 Å². The maximum atomic E-state index is 13.9. The molecule has 4 heterocycles. The minimum atomic E-state index is -0.443. The van der Waals surface area contributed by atoms with E-state index in [-0.39, 0.29) is 11.3 Å². The zero-order valence-corrected chi connectivity index (χ0v) is 20.5. The summed E-state index contributed by atoms with van der Waals surface area (Å²) in [6.45, 7) is 5.02. The van der Waals surface area contributed by atoms with Gasteiger partial charge in [-0.05, 0) is 55.0 Å². The molecule has 8 nitrogen and oxygen atoms in total. The molecule has 1 aliphatic rings. The van der Waals surface area contributed by atoms with Gasteiger partial charge in [0.15, 0.2) is 0 Å². The van der Waals surface area contributed by atoms with Crippen LogP contribution in [0.25, 0.3) is 0 Å². The Bertz CT molecular complexity index is 1360. The Kier molecular flexibility index (Phi) is 6.77. The molecule has 1 aromatic carbocycles. The van der Waals surface area contributed by atoms with E-state index in [2.05, 4.69) is 14.8 Å². The summed E-state index contributed by atoms with van der Waals surface area (Å²) in [4.78, 5) is 22.9. The van der Waals surface area contributed by atoms with Crippen molar-refractivity contribution in [2.45, 2.75) is 19.5 Å². The van der Waals surface area contributed by atoms with Crippen LogP contribution in [-0.4, -0.2) is 52.8 Å². The van der Waals surface area contributed by atoms with Gasteiger partial charge in [0.1, 0.15) is 23.1 Å². The Morgan fingerprint density at radius 2 is 1.89 bits per heavy atom. The molecule has 5 rings (SSSR count). The molecule has 0 radical (unpaired) electrons. The van der Waals surface area contributed by atoms with E-state index < -0.39 is 6.04 Å². The number of furan rings is 1. The van der Waals surface area contributed by atoms with Crippen molar-refractivity contribution in [1.29, 1.82) is 0 Å². The minimum Gasteiger partial charge on any atom is -0.507 e. The highest BCUT2D eigenvalue weighted by atomic mass is 16.5. The molecule has 36 heavy (non-hydrogen) atoms. The summed E-state index contributed by atoms with van der Waals surface area (Å²) in [6, 6.07) is 18.5. The Hall–Kier alpha value is -4.04. The van der Waals surface area contributed by atoms with Crippen LogP contribution >= 0.6 is 0 Å². The maximum absolute atomic E-state index is 13.9. The lowest BCUT2D eigenvalue weighted by Gasteiger charge is -2.40. The highest BCUT2D eigenvalue weighted by Gasteiger charge is 2.32. The quantitative estimate of drug-likeness (QED) is 0.425. The highest BCUT2D eigenvalue weighted by Crippen LogP contribution is 2.35. The van der Waals surface area contributed by atoms with Crippen LogP contribution in [0.5, 0.6) is 11.5 Å². The van der Waals surface area contributed by atoms with Crippen LogP contribution in [0.3, 0.4) is 0 Å². The van der Waals surface area contributed by atoms with Crippen molar-refractivity contribution in [1.82, 2.24) is 14.5 Å². The smallest absolute Gasteiger partial charge is 0.260 e. The molecule has 4 aromatic rings. The molecule has 0 saturated carbocycles. The summed E-state index contributed by atoms with van der Waals surface area (Å²) < 4.78 is 12.6. The van der Waals surface area contributed by atoms with Crippen LogP contribution in [0.4, 0.5) is 5.82 Å². The third kappa shape index (κ3) is 4.72. The number of methoxy groups -OCH3 is 1. The van der Waals surface area contributed by atoms with Gasteiger partial charge in [-0.15, -0.1) is 0 Å². The van der Waals surface area contributed by atoms with Crippen molar-refractivity contribution in [3.05, 3.63) is 106 Å². The Morgan fingerprint density at radius 3 is 2.58 bits per heavy atom. The maximum Gasteiger partial charge on any atom is 0.260 e. The number of nitrogens with zero attached hydrogens (tertiary/aromatic N) is 4. The number of ether oxygens (including phenoxy) is 1. The molecule has 0 spiro atoms. The molecule has 3 aromatic heterocycles. The molecule has 0 bridgehead atoms. The predicted molar refractivity (Wildman–Crippen MR) is 138 cm³/mol. The number of aromatic nitrogens is 2. The second-order valence-electron chi connectivity index (χ2n) is 8.95. The van der Waals surface area contributed by atoms with E-state index >= 15 is 0 Å². The summed E-state index contributed by atoms with van der Waals surface area (Å²) in [5, 5.41) is 11.1.